The van der Waals surface area contributed by atoms with Crippen LogP contribution in [0.4, 0.5) is 10.1 Å². The van der Waals surface area contributed by atoms with E-state index < -0.39 is 15.8 Å². The molecule has 0 aliphatic carbocycles. The molecule has 21 heavy (non-hydrogen) atoms. The van der Waals surface area contributed by atoms with Gasteiger partial charge in [-0.2, -0.15) is 4.31 Å². The Labute approximate surface area is 125 Å². The molecule has 0 radical (unpaired) electrons. The molecule has 0 bridgehead atoms. The lowest BCUT2D eigenvalue weighted by atomic mass is 10.1. The fourth-order valence-electron chi connectivity index (χ4n) is 2.02. The Balaban J connectivity index is 3.11. The molecule has 7 heteroatoms. The van der Waals surface area contributed by atoms with Gasteiger partial charge in [-0.15, -0.1) is 0 Å². The van der Waals surface area contributed by atoms with Crippen molar-refractivity contribution in [3.8, 4) is 0 Å². The average molecular weight is 318 g/mol. The highest BCUT2D eigenvalue weighted by Crippen LogP contribution is 2.29. The maximum atomic E-state index is 13.5. The molecule has 0 saturated carbocycles. The van der Waals surface area contributed by atoms with E-state index in [4.69, 9.17) is 10.5 Å². The predicted octanol–water partition coefficient (Wildman–Crippen LogP) is 2.07. The Hall–Kier alpha value is -1.18. The summed E-state index contributed by atoms with van der Waals surface area (Å²) in [6.07, 6.45) is 0.0334. The number of nitrogens with zero attached hydrogens (tertiary/aromatic N) is 1. The first kappa shape index (κ1) is 17.9. The van der Waals surface area contributed by atoms with E-state index in [-0.39, 0.29) is 28.8 Å². The summed E-state index contributed by atoms with van der Waals surface area (Å²) in [7, 11) is -2.26. The van der Waals surface area contributed by atoms with E-state index >= 15 is 0 Å². The molecule has 2 N–H and O–H groups in total. The molecular formula is C14H23FN2O3S. The highest BCUT2D eigenvalue weighted by Gasteiger charge is 2.27. The van der Waals surface area contributed by atoms with Gasteiger partial charge in [0.1, 0.15) is 5.82 Å². The second kappa shape index (κ2) is 6.72. The summed E-state index contributed by atoms with van der Waals surface area (Å²) < 4.78 is 45.3. The Kier molecular flexibility index (Phi) is 5.72. The number of likely N-dealkylation sites (N-methyl/N-ethyl adjacent to an activating group) is 1. The number of nitrogens with two attached hydrogens (primary N) is 1. The van der Waals surface area contributed by atoms with Gasteiger partial charge in [0.25, 0.3) is 0 Å². The van der Waals surface area contributed by atoms with Crippen LogP contribution in [-0.4, -0.2) is 39.0 Å². The molecule has 0 saturated heterocycles. The fourth-order valence-corrected chi connectivity index (χ4v) is 3.61. The van der Waals surface area contributed by atoms with Crippen LogP contribution in [0.5, 0.6) is 0 Å². The largest absolute Gasteiger partial charge is 0.396 e. The summed E-state index contributed by atoms with van der Waals surface area (Å²) >= 11 is 0. The van der Waals surface area contributed by atoms with Crippen LogP contribution in [0.1, 0.15) is 25.0 Å². The lowest BCUT2D eigenvalue weighted by Gasteiger charge is -2.21. The molecule has 0 aliphatic rings. The molecule has 120 valence electrons. The second-order valence-electron chi connectivity index (χ2n) is 5.29. The predicted molar refractivity (Wildman–Crippen MR) is 81.2 cm³/mol. The maximum absolute atomic E-state index is 13.5. The first-order chi connectivity index (χ1) is 9.59. The number of halogens is 1. The van der Waals surface area contributed by atoms with Crippen LogP contribution in [0.2, 0.25) is 0 Å². The number of ether oxygens (including phenoxy) is 1. The van der Waals surface area contributed by atoms with Crippen LogP contribution in [0.15, 0.2) is 11.0 Å². The monoisotopic (exact) mass is 318 g/mol. The summed E-state index contributed by atoms with van der Waals surface area (Å²) in [5.41, 5.74) is 6.06. The van der Waals surface area contributed by atoms with Gasteiger partial charge < -0.3 is 10.5 Å². The number of rotatable bonds is 6. The quantitative estimate of drug-likeness (QED) is 0.815. The lowest BCUT2D eigenvalue weighted by molar-refractivity contribution is 0.0737. The summed E-state index contributed by atoms with van der Waals surface area (Å²) in [6, 6.07) is 1.15. The number of sulfonamides is 1. The fraction of sp³-hybridized carbons (Fsp3) is 0.571. The number of anilines is 1. The zero-order valence-electron chi connectivity index (χ0n) is 13.1. The van der Waals surface area contributed by atoms with Gasteiger partial charge in [0.05, 0.1) is 23.3 Å². The van der Waals surface area contributed by atoms with Gasteiger partial charge in [0, 0.05) is 13.6 Å². The molecule has 1 aromatic rings. The smallest absolute Gasteiger partial charge is 0.243 e. The zero-order valence-corrected chi connectivity index (χ0v) is 13.9. The van der Waals surface area contributed by atoms with E-state index in [1.807, 2.05) is 13.8 Å². The molecule has 0 aromatic heterocycles. The van der Waals surface area contributed by atoms with Gasteiger partial charge in [0.15, 0.2) is 0 Å². The van der Waals surface area contributed by atoms with Crippen LogP contribution in [0.25, 0.3) is 0 Å². The van der Waals surface area contributed by atoms with E-state index in [1.54, 1.807) is 6.92 Å². The molecule has 5 nitrogen and oxygen atoms in total. The normalized spacial score (nSPS) is 12.4. The molecule has 0 fully saturated rings. The highest BCUT2D eigenvalue weighted by molar-refractivity contribution is 7.89. The SMILES string of the molecule is Cc1cc(F)c(N)c(C)c1S(=O)(=O)N(C)CCOC(C)C. The first-order valence-corrected chi connectivity index (χ1v) is 8.16. The highest BCUT2D eigenvalue weighted by atomic mass is 32.2. The van der Waals surface area contributed by atoms with Gasteiger partial charge in [-0.25, -0.2) is 12.8 Å². The molecule has 0 unspecified atom stereocenters. The Morgan fingerprint density at radius 2 is 1.95 bits per heavy atom. The first-order valence-electron chi connectivity index (χ1n) is 6.72. The average Bonchev–Trinajstić information content (AvgIpc) is 2.35. The summed E-state index contributed by atoms with van der Waals surface area (Å²) in [4.78, 5) is 0.0634. The minimum absolute atomic E-state index is 0.0334. The summed E-state index contributed by atoms with van der Waals surface area (Å²) in [6.45, 7) is 7.34. The van der Waals surface area contributed by atoms with Crippen LogP contribution in [0, 0.1) is 19.7 Å². The lowest BCUT2D eigenvalue weighted by Crippen LogP contribution is -2.32. The Morgan fingerprint density at radius 1 is 1.38 bits per heavy atom. The topological polar surface area (TPSA) is 72.6 Å². The van der Waals surface area contributed by atoms with Crippen LogP contribution in [-0.2, 0) is 14.8 Å². The third-order valence-electron chi connectivity index (χ3n) is 3.23. The van der Waals surface area contributed by atoms with E-state index in [2.05, 4.69) is 0 Å². The Morgan fingerprint density at radius 3 is 2.48 bits per heavy atom. The Bertz CT molecular complexity index is 615. The van der Waals surface area contributed by atoms with Gasteiger partial charge in [-0.05, 0) is 44.9 Å². The summed E-state index contributed by atoms with van der Waals surface area (Å²) in [5, 5.41) is 0. The van der Waals surface area contributed by atoms with Crippen molar-refractivity contribution in [2.75, 3.05) is 25.9 Å². The standard InChI is InChI=1S/C14H23FN2O3S/c1-9(2)20-7-6-17(5)21(18,19)14-10(3)8-12(15)13(16)11(14)4/h8-9H,6-7,16H2,1-5H3. The molecule has 1 aromatic carbocycles. The van der Waals surface area contributed by atoms with Crippen molar-refractivity contribution in [1.29, 1.82) is 0 Å². The summed E-state index contributed by atoms with van der Waals surface area (Å²) in [5.74, 6) is -0.602. The van der Waals surface area contributed by atoms with Crippen LogP contribution in [0.3, 0.4) is 0 Å². The van der Waals surface area contributed by atoms with Crippen molar-refractivity contribution >= 4 is 15.7 Å². The van der Waals surface area contributed by atoms with Crippen molar-refractivity contribution in [1.82, 2.24) is 4.31 Å². The third kappa shape index (κ3) is 3.93. The molecule has 0 atom stereocenters. The molecule has 0 spiro atoms. The van der Waals surface area contributed by atoms with Crippen molar-refractivity contribution in [3.05, 3.63) is 23.0 Å². The molecule has 1 rings (SSSR count). The maximum Gasteiger partial charge on any atom is 0.243 e. The van der Waals surface area contributed by atoms with Gasteiger partial charge in [-0.3, -0.25) is 0 Å². The second-order valence-corrected chi connectivity index (χ2v) is 7.27. The molecule has 0 aliphatic heterocycles. The van der Waals surface area contributed by atoms with Gasteiger partial charge in [-0.1, -0.05) is 0 Å². The molecule has 0 heterocycles. The van der Waals surface area contributed by atoms with E-state index in [9.17, 15) is 12.8 Å². The minimum atomic E-state index is -3.73. The van der Waals surface area contributed by atoms with E-state index in [0.717, 1.165) is 6.07 Å². The number of aryl methyl sites for hydroxylation is 1. The van der Waals surface area contributed by atoms with Crippen molar-refractivity contribution in [2.24, 2.45) is 0 Å². The van der Waals surface area contributed by atoms with Crippen molar-refractivity contribution in [2.45, 2.75) is 38.7 Å². The van der Waals surface area contributed by atoms with Crippen molar-refractivity contribution in [3.63, 3.8) is 0 Å². The van der Waals surface area contributed by atoms with E-state index in [1.165, 1.54) is 18.3 Å². The number of hydrogen-bond acceptors (Lipinski definition) is 4. The van der Waals surface area contributed by atoms with Gasteiger partial charge in [0.2, 0.25) is 10.0 Å². The molecule has 0 amide bonds. The van der Waals surface area contributed by atoms with Gasteiger partial charge >= 0.3 is 0 Å². The third-order valence-corrected chi connectivity index (χ3v) is 5.38. The number of nitrogen functional groups attached to an aromatic ring is 1. The zero-order chi connectivity index (χ0) is 16.4. The molecular weight excluding hydrogens is 295 g/mol. The van der Waals surface area contributed by atoms with E-state index in [0.29, 0.717) is 12.2 Å². The minimum Gasteiger partial charge on any atom is -0.396 e. The van der Waals surface area contributed by atoms with Crippen LogP contribution < -0.4 is 5.73 Å². The van der Waals surface area contributed by atoms with Crippen LogP contribution >= 0.6 is 0 Å². The number of hydrogen-bond donors (Lipinski definition) is 1. The van der Waals surface area contributed by atoms with Crippen molar-refractivity contribution < 1.29 is 17.5 Å². The number of benzene rings is 1.